The van der Waals surface area contributed by atoms with Crippen LogP contribution in [-0.4, -0.2) is 26.1 Å². The first kappa shape index (κ1) is 17.9. The van der Waals surface area contributed by atoms with Gasteiger partial charge in [0.2, 0.25) is 0 Å². The van der Waals surface area contributed by atoms with Crippen molar-refractivity contribution >= 4 is 29.5 Å². The average Bonchev–Trinajstić information content (AvgIpc) is 3.25. The molecule has 0 saturated heterocycles. The average molecular weight is 372 g/mol. The number of amides is 1. The molecule has 0 saturated carbocycles. The van der Waals surface area contributed by atoms with E-state index in [1.165, 1.54) is 10.9 Å². The van der Waals surface area contributed by atoms with Crippen molar-refractivity contribution in [3.8, 4) is 11.3 Å². The smallest absolute Gasteiger partial charge is 0.270 e. The van der Waals surface area contributed by atoms with Gasteiger partial charge in [-0.05, 0) is 48.4 Å². The number of furan rings is 1. The fourth-order valence-corrected chi connectivity index (χ4v) is 2.42. The van der Waals surface area contributed by atoms with E-state index in [9.17, 15) is 4.79 Å². The van der Waals surface area contributed by atoms with Crippen LogP contribution in [0.4, 0.5) is 5.95 Å². The van der Waals surface area contributed by atoms with Gasteiger partial charge < -0.3 is 4.42 Å². The van der Waals surface area contributed by atoms with Crippen LogP contribution in [0.15, 0.2) is 40.8 Å². The molecule has 2 heterocycles. The van der Waals surface area contributed by atoms with Crippen LogP contribution in [0.1, 0.15) is 24.7 Å². The predicted molar refractivity (Wildman–Crippen MR) is 99.7 cm³/mol. The van der Waals surface area contributed by atoms with E-state index >= 15 is 0 Å². The molecular weight excluding hydrogens is 354 g/mol. The van der Waals surface area contributed by atoms with E-state index in [4.69, 9.17) is 16.0 Å². The Morgan fingerprint density at radius 3 is 2.96 bits per heavy atom. The highest BCUT2D eigenvalue weighted by Gasteiger charge is 2.07. The Labute approximate surface area is 155 Å². The Morgan fingerprint density at radius 2 is 2.19 bits per heavy atom. The predicted octanol–water partition coefficient (Wildman–Crippen LogP) is 3.96. The molecule has 134 valence electrons. The maximum Gasteiger partial charge on any atom is 0.270 e. The summed E-state index contributed by atoms with van der Waals surface area (Å²) >= 11 is 6.14. The number of rotatable bonds is 6. The fourth-order valence-electron chi connectivity index (χ4n) is 2.24. The van der Waals surface area contributed by atoms with Crippen LogP contribution in [0, 0.1) is 6.92 Å². The number of aryl methyl sites for hydroxylation is 2. The summed E-state index contributed by atoms with van der Waals surface area (Å²) in [6.07, 6.45) is 3.81. The van der Waals surface area contributed by atoms with Gasteiger partial charge in [-0.1, -0.05) is 35.8 Å². The summed E-state index contributed by atoms with van der Waals surface area (Å²) < 4.78 is 5.73. The molecule has 0 bridgehead atoms. The van der Waals surface area contributed by atoms with Gasteiger partial charge in [-0.2, -0.15) is 4.80 Å². The highest BCUT2D eigenvalue weighted by atomic mass is 35.5. The number of hydrogen-bond donors (Lipinski definition) is 1. The fraction of sp³-hybridized carbons (Fsp3) is 0.222. The van der Waals surface area contributed by atoms with E-state index in [1.807, 2.05) is 38.1 Å². The molecule has 0 unspecified atom stereocenters. The van der Waals surface area contributed by atoms with Crippen molar-refractivity contribution in [1.29, 1.82) is 0 Å². The molecule has 8 heteroatoms. The molecule has 0 atom stereocenters. The van der Waals surface area contributed by atoms with Crippen molar-refractivity contribution in [1.82, 2.24) is 20.2 Å². The zero-order chi connectivity index (χ0) is 18.5. The number of tetrazole rings is 1. The maximum atomic E-state index is 11.9. The zero-order valence-corrected chi connectivity index (χ0v) is 15.2. The Bertz CT molecular complexity index is 945. The molecular formula is C18H18ClN5O2. The van der Waals surface area contributed by atoms with Gasteiger partial charge in [0, 0.05) is 16.7 Å². The molecule has 1 N–H and O–H groups in total. The minimum Gasteiger partial charge on any atom is -0.457 e. The molecule has 0 radical (unpaired) electrons. The van der Waals surface area contributed by atoms with Gasteiger partial charge in [-0.3, -0.25) is 10.1 Å². The van der Waals surface area contributed by atoms with Crippen LogP contribution in [0.25, 0.3) is 17.4 Å². The van der Waals surface area contributed by atoms with Gasteiger partial charge in [0.25, 0.3) is 11.9 Å². The van der Waals surface area contributed by atoms with E-state index in [-0.39, 0.29) is 11.9 Å². The molecule has 0 spiro atoms. The van der Waals surface area contributed by atoms with Gasteiger partial charge in [0.15, 0.2) is 0 Å². The Balaban J connectivity index is 1.64. The molecule has 1 aromatic carbocycles. The van der Waals surface area contributed by atoms with E-state index < -0.39 is 0 Å². The minimum absolute atomic E-state index is 0.169. The first-order chi connectivity index (χ1) is 12.5. The maximum absolute atomic E-state index is 11.9. The van der Waals surface area contributed by atoms with Crippen molar-refractivity contribution in [2.75, 3.05) is 5.32 Å². The van der Waals surface area contributed by atoms with E-state index in [0.29, 0.717) is 23.1 Å². The molecule has 3 rings (SSSR count). The summed E-state index contributed by atoms with van der Waals surface area (Å²) in [5, 5.41) is 14.9. The van der Waals surface area contributed by atoms with Crippen molar-refractivity contribution in [2.24, 2.45) is 0 Å². The summed E-state index contributed by atoms with van der Waals surface area (Å²) in [6, 6.07) is 9.33. The SMILES string of the molecule is CCCn1nnc(NC(=O)/C=C/c2ccc(-c3ccc(C)c(Cl)c3)o2)n1. The van der Waals surface area contributed by atoms with Crippen molar-refractivity contribution < 1.29 is 9.21 Å². The third kappa shape index (κ3) is 4.37. The highest BCUT2D eigenvalue weighted by Crippen LogP contribution is 2.27. The normalized spacial score (nSPS) is 11.2. The molecule has 0 fully saturated rings. The van der Waals surface area contributed by atoms with E-state index in [0.717, 1.165) is 17.5 Å². The number of carbonyl (C=O) groups excluding carboxylic acids is 1. The number of carbonyl (C=O) groups is 1. The third-order valence-electron chi connectivity index (χ3n) is 3.59. The lowest BCUT2D eigenvalue weighted by Crippen LogP contribution is -2.09. The van der Waals surface area contributed by atoms with Crippen molar-refractivity contribution in [3.05, 3.63) is 52.8 Å². The van der Waals surface area contributed by atoms with Gasteiger partial charge in [-0.25, -0.2) is 0 Å². The summed E-state index contributed by atoms with van der Waals surface area (Å²) in [5.74, 6) is 1.03. The second kappa shape index (κ2) is 7.97. The molecule has 0 aliphatic carbocycles. The van der Waals surface area contributed by atoms with Crippen LogP contribution in [0.5, 0.6) is 0 Å². The molecule has 3 aromatic rings. The third-order valence-corrected chi connectivity index (χ3v) is 4.00. The van der Waals surface area contributed by atoms with E-state index in [2.05, 4.69) is 20.7 Å². The summed E-state index contributed by atoms with van der Waals surface area (Å²) in [7, 11) is 0. The summed E-state index contributed by atoms with van der Waals surface area (Å²) in [6.45, 7) is 4.60. The lowest BCUT2D eigenvalue weighted by atomic mass is 10.1. The molecule has 0 aliphatic heterocycles. The second-order valence-electron chi connectivity index (χ2n) is 5.70. The molecule has 26 heavy (non-hydrogen) atoms. The number of aromatic nitrogens is 4. The number of nitrogens with one attached hydrogen (secondary N) is 1. The molecule has 2 aromatic heterocycles. The second-order valence-corrected chi connectivity index (χ2v) is 6.10. The Hall–Kier alpha value is -2.93. The molecule has 0 aliphatic rings. The van der Waals surface area contributed by atoms with E-state index in [1.54, 1.807) is 12.1 Å². The zero-order valence-electron chi connectivity index (χ0n) is 14.4. The van der Waals surface area contributed by atoms with Gasteiger partial charge in [0.1, 0.15) is 11.5 Å². The molecule has 7 nitrogen and oxygen atoms in total. The van der Waals surface area contributed by atoms with Crippen LogP contribution >= 0.6 is 11.6 Å². The first-order valence-corrected chi connectivity index (χ1v) is 8.56. The highest BCUT2D eigenvalue weighted by molar-refractivity contribution is 6.31. The quantitative estimate of drug-likeness (QED) is 0.663. The van der Waals surface area contributed by atoms with Crippen LogP contribution in [-0.2, 0) is 11.3 Å². The van der Waals surface area contributed by atoms with Crippen molar-refractivity contribution in [2.45, 2.75) is 26.8 Å². The topological polar surface area (TPSA) is 85.8 Å². The lowest BCUT2D eigenvalue weighted by Gasteiger charge is -2.00. The summed E-state index contributed by atoms with van der Waals surface area (Å²) in [4.78, 5) is 13.4. The Kier molecular flexibility index (Phi) is 5.48. The minimum atomic E-state index is -0.364. The number of halogens is 1. The van der Waals surface area contributed by atoms with Gasteiger partial charge >= 0.3 is 0 Å². The number of hydrogen-bond acceptors (Lipinski definition) is 5. The largest absolute Gasteiger partial charge is 0.457 e. The van der Waals surface area contributed by atoms with Crippen LogP contribution in [0.2, 0.25) is 5.02 Å². The molecule has 1 amide bonds. The monoisotopic (exact) mass is 371 g/mol. The van der Waals surface area contributed by atoms with Crippen molar-refractivity contribution in [3.63, 3.8) is 0 Å². The van der Waals surface area contributed by atoms with Gasteiger partial charge in [0.05, 0.1) is 6.54 Å². The van der Waals surface area contributed by atoms with Crippen LogP contribution in [0.3, 0.4) is 0 Å². The van der Waals surface area contributed by atoms with Crippen LogP contribution < -0.4 is 5.32 Å². The number of benzene rings is 1. The Morgan fingerprint density at radius 1 is 1.35 bits per heavy atom. The first-order valence-electron chi connectivity index (χ1n) is 8.18. The standard InChI is InChI=1S/C18H18ClN5O2/c1-3-10-24-22-18(21-23-24)20-17(25)9-7-14-6-8-16(26-14)13-5-4-12(2)15(19)11-13/h4-9,11H,3,10H2,1-2H3,(H,20,22,25)/b9-7+. The summed E-state index contributed by atoms with van der Waals surface area (Å²) in [5.41, 5.74) is 1.88. The van der Waals surface area contributed by atoms with Gasteiger partial charge in [-0.15, -0.1) is 5.10 Å². The number of anilines is 1. The lowest BCUT2D eigenvalue weighted by molar-refractivity contribution is -0.111. The number of nitrogens with zero attached hydrogens (tertiary/aromatic N) is 4.